The molecule has 0 saturated heterocycles. The second-order valence-corrected chi connectivity index (χ2v) is 4.62. The molecule has 1 saturated carbocycles. The molecule has 3 N–H and O–H groups in total. The van der Waals surface area contributed by atoms with Crippen LogP contribution >= 0.6 is 0 Å². The van der Waals surface area contributed by atoms with Crippen LogP contribution in [0, 0.1) is 5.41 Å². The minimum atomic E-state index is 0.300. The van der Waals surface area contributed by atoms with Crippen molar-refractivity contribution >= 4 is 5.69 Å². The summed E-state index contributed by atoms with van der Waals surface area (Å²) in [6, 6.07) is 5.74. The van der Waals surface area contributed by atoms with E-state index in [4.69, 9.17) is 15.2 Å². The number of ether oxygens (including phenoxy) is 2. The molecular weight excluding hydrogens is 216 g/mol. The van der Waals surface area contributed by atoms with Crippen LogP contribution in [0.25, 0.3) is 0 Å². The van der Waals surface area contributed by atoms with Crippen LogP contribution in [0.1, 0.15) is 12.8 Å². The summed E-state index contributed by atoms with van der Waals surface area (Å²) < 4.78 is 10.5. The van der Waals surface area contributed by atoms with E-state index >= 15 is 0 Å². The Labute approximate surface area is 102 Å². The quantitative estimate of drug-likeness (QED) is 0.791. The van der Waals surface area contributed by atoms with Crippen LogP contribution in [0.5, 0.6) is 11.5 Å². The van der Waals surface area contributed by atoms with Crippen LogP contribution in [0.2, 0.25) is 0 Å². The third-order valence-electron chi connectivity index (χ3n) is 3.45. The summed E-state index contributed by atoms with van der Waals surface area (Å²) in [7, 11) is 3.33. The number of hydrogen-bond donors (Lipinski definition) is 2. The Morgan fingerprint density at radius 2 is 2.06 bits per heavy atom. The molecule has 4 nitrogen and oxygen atoms in total. The summed E-state index contributed by atoms with van der Waals surface area (Å²) in [5.74, 6) is 1.66. The summed E-state index contributed by atoms with van der Waals surface area (Å²) in [6.07, 6.45) is 2.42. The number of rotatable bonds is 6. The zero-order valence-corrected chi connectivity index (χ0v) is 10.5. The van der Waals surface area contributed by atoms with Gasteiger partial charge in [0.15, 0.2) is 0 Å². The van der Waals surface area contributed by atoms with E-state index in [9.17, 15) is 0 Å². The number of benzene rings is 1. The first kappa shape index (κ1) is 12.0. The van der Waals surface area contributed by atoms with Crippen molar-refractivity contribution in [3.8, 4) is 11.5 Å². The summed E-state index contributed by atoms with van der Waals surface area (Å²) in [5.41, 5.74) is 7.03. The highest BCUT2D eigenvalue weighted by molar-refractivity contribution is 5.60. The van der Waals surface area contributed by atoms with Gasteiger partial charge in [0.2, 0.25) is 0 Å². The number of nitrogens with one attached hydrogen (secondary N) is 1. The van der Waals surface area contributed by atoms with Gasteiger partial charge in [0.25, 0.3) is 0 Å². The Balaban J connectivity index is 2.07. The molecule has 1 aromatic rings. The average molecular weight is 236 g/mol. The SMILES string of the molecule is COc1ccc(OC)c(NCC2(CN)CC2)c1. The van der Waals surface area contributed by atoms with Gasteiger partial charge >= 0.3 is 0 Å². The molecule has 17 heavy (non-hydrogen) atoms. The highest BCUT2D eigenvalue weighted by Crippen LogP contribution is 2.45. The van der Waals surface area contributed by atoms with Gasteiger partial charge < -0.3 is 20.5 Å². The van der Waals surface area contributed by atoms with Crippen molar-refractivity contribution in [1.82, 2.24) is 0 Å². The maximum atomic E-state index is 5.76. The van der Waals surface area contributed by atoms with Gasteiger partial charge in [-0.3, -0.25) is 0 Å². The Kier molecular flexibility index (Phi) is 3.43. The molecule has 1 fully saturated rings. The lowest BCUT2D eigenvalue weighted by molar-refractivity contribution is 0.404. The molecule has 1 aromatic carbocycles. The molecule has 0 bridgehead atoms. The standard InChI is InChI=1S/C13H20N2O2/c1-16-10-3-4-12(17-2)11(7-10)15-9-13(8-14)5-6-13/h3-4,7,15H,5-6,8-9,14H2,1-2H3. The molecule has 0 atom stereocenters. The summed E-state index contributed by atoms with van der Waals surface area (Å²) in [6.45, 7) is 1.64. The van der Waals surface area contributed by atoms with E-state index in [1.54, 1.807) is 14.2 Å². The number of anilines is 1. The minimum absolute atomic E-state index is 0.300. The molecule has 1 aliphatic rings. The molecule has 0 amide bonds. The molecule has 1 aliphatic carbocycles. The van der Waals surface area contributed by atoms with Crippen molar-refractivity contribution in [2.24, 2.45) is 11.1 Å². The predicted molar refractivity (Wildman–Crippen MR) is 68.8 cm³/mol. The Morgan fingerprint density at radius 3 is 2.59 bits per heavy atom. The zero-order valence-electron chi connectivity index (χ0n) is 10.5. The minimum Gasteiger partial charge on any atom is -0.497 e. The molecule has 0 unspecified atom stereocenters. The summed E-state index contributed by atoms with van der Waals surface area (Å²) in [4.78, 5) is 0. The number of hydrogen-bond acceptors (Lipinski definition) is 4. The van der Waals surface area contributed by atoms with Gasteiger partial charge in [0.05, 0.1) is 19.9 Å². The highest BCUT2D eigenvalue weighted by atomic mass is 16.5. The van der Waals surface area contributed by atoms with Crippen molar-refractivity contribution in [3.63, 3.8) is 0 Å². The Hall–Kier alpha value is -1.42. The maximum absolute atomic E-state index is 5.76. The van der Waals surface area contributed by atoms with Crippen LogP contribution in [-0.2, 0) is 0 Å². The second kappa shape index (κ2) is 4.84. The second-order valence-electron chi connectivity index (χ2n) is 4.62. The summed E-state index contributed by atoms with van der Waals surface area (Å²) in [5, 5.41) is 3.41. The smallest absolute Gasteiger partial charge is 0.142 e. The van der Waals surface area contributed by atoms with E-state index in [1.165, 1.54) is 12.8 Å². The van der Waals surface area contributed by atoms with Gasteiger partial charge in [0, 0.05) is 12.6 Å². The van der Waals surface area contributed by atoms with Crippen molar-refractivity contribution in [1.29, 1.82) is 0 Å². The molecule has 0 spiro atoms. The molecule has 0 heterocycles. The lowest BCUT2D eigenvalue weighted by atomic mass is 10.1. The van der Waals surface area contributed by atoms with Crippen molar-refractivity contribution in [2.45, 2.75) is 12.8 Å². The van der Waals surface area contributed by atoms with Crippen molar-refractivity contribution in [3.05, 3.63) is 18.2 Å². The topological polar surface area (TPSA) is 56.5 Å². The third-order valence-corrected chi connectivity index (χ3v) is 3.45. The lowest BCUT2D eigenvalue weighted by Gasteiger charge is -2.17. The van der Waals surface area contributed by atoms with Gasteiger partial charge in [-0.05, 0) is 36.9 Å². The van der Waals surface area contributed by atoms with Gasteiger partial charge in [-0.15, -0.1) is 0 Å². The fourth-order valence-corrected chi connectivity index (χ4v) is 1.86. The monoisotopic (exact) mass is 236 g/mol. The molecule has 94 valence electrons. The lowest BCUT2D eigenvalue weighted by Crippen LogP contribution is -2.24. The Morgan fingerprint density at radius 1 is 1.29 bits per heavy atom. The van der Waals surface area contributed by atoms with Crippen LogP contribution in [0.4, 0.5) is 5.69 Å². The number of nitrogens with two attached hydrogens (primary N) is 1. The predicted octanol–water partition coefficient (Wildman–Crippen LogP) is 1.85. The van der Waals surface area contributed by atoms with Crippen LogP contribution in [0.15, 0.2) is 18.2 Å². The maximum Gasteiger partial charge on any atom is 0.142 e. The van der Waals surface area contributed by atoms with Gasteiger partial charge in [-0.2, -0.15) is 0 Å². The third kappa shape index (κ3) is 2.64. The summed E-state index contributed by atoms with van der Waals surface area (Å²) >= 11 is 0. The molecule has 0 aliphatic heterocycles. The Bertz CT molecular complexity index is 389. The fraction of sp³-hybridized carbons (Fsp3) is 0.538. The molecule has 2 rings (SSSR count). The van der Waals surface area contributed by atoms with Gasteiger partial charge in [-0.25, -0.2) is 0 Å². The molecular formula is C13H20N2O2. The van der Waals surface area contributed by atoms with Gasteiger partial charge in [0.1, 0.15) is 11.5 Å². The highest BCUT2D eigenvalue weighted by Gasteiger charge is 2.40. The zero-order chi connectivity index (χ0) is 12.3. The largest absolute Gasteiger partial charge is 0.497 e. The van der Waals surface area contributed by atoms with E-state index in [2.05, 4.69) is 5.32 Å². The first-order chi connectivity index (χ1) is 8.23. The normalized spacial score (nSPS) is 16.4. The molecule has 0 aromatic heterocycles. The number of methoxy groups -OCH3 is 2. The van der Waals surface area contributed by atoms with E-state index in [0.717, 1.165) is 30.3 Å². The van der Waals surface area contributed by atoms with E-state index in [0.29, 0.717) is 5.41 Å². The average Bonchev–Trinajstić information content (AvgIpc) is 3.16. The molecule has 4 heteroatoms. The van der Waals surface area contributed by atoms with E-state index in [-0.39, 0.29) is 0 Å². The van der Waals surface area contributed by atoms with E-state index < -0.39 is 0 Å². The van der Waals surface area contributed by atoms with E-state index in [1.807, 2.05) is 18.2 Å². The van der Waals surface area contributed by atoms with Crippen LogP contribution in [-0.4, -0.2) is 27.3 Å². The van der Waals surface area contributed by atoms with Crippen LogP contribution in [0.3, 0.4) is 0 Å². The van der Waals surface area contributed by atoms with Crippen LogP contribution < -0.4 is 20.5 Å². The van der Waals surface area contributed by atoms with Crippen molar-refractivity contribution in [2.75, 3.05) is 32.6 Å². The first-order valence-corrected chi connectivity index (χ1v) is 5.89. The van der Waals surface area contributed by atoms with Gasteiger partial charge in [-0.1, -0.05) is 0 Å². The molecule has 0 radical (unpaired) electrons. The fourth-order valence-electron chi connectivity index (χ4n) is 1.86. The first-order valence-electron chi connectivity index (χ1n) is 5.89. The van der Waals surface area contributed by atoms with Crippen molar-refractivity contribution < 1.29 is 9.47 Å².